The summed E-state index contributed by atoms with van der Waals surface area (Å²) in [5.74, 6) is 0. The quantitative estimate of drug-likeness (QED) is 0.672. The second-order valence-electron chi connectivity index (χ2n) is 4.03. The third-order valence-corrected chi connectivity index (χ3v) is 3.64. The molecule has 0 radical (unpaired) electrons. The molecular formula is C15H16S. The van der Waals surface area contributed by atoms with Crippen LogP contribution >= 0.6 is 11.8 Å². The Morgan fingerprint density at radius 1 is 0.812 bits per heavy atom. The first-order valence-electron chi connectivity index (χ1n) is 5.42. The van der Waals surface area contributed by atoms with E-state index < -0.39 is 0 Å². The van der Waals surface area contributed by atoms with Crippen molar-refractivity contribution in [2.24, 2.45) is 0 Å². The summed E-state index contributed by atoms with van der Waals surface area (Å²) < 4.78 is 0. The summed E-state index contributed by atoms with van der Waals surface area (Å²) in [4.78, 5) is 1.32. The molecule has 0 atom stereocenters. The first kappa shape index (κ1) is 11.3. The zero-order valence-corrected chi connectivity index (χ0v) is 10.8. The Bertz CT molecular complexity index is 501. The van der Waals surface area contributed by atoms with Gasteiger partial charge in [-0.3, -0.25) is 0 Å². The Morgan fingerprint density at radius 3 is 2.25 bits per heavy atom. The molecule has 0 aliphatic heterocycles. The van der Waals surface area contributed by atoms with Crippen LogP contribution in [0.2, 0.25) is 0 Å². The van der Waals surface area contributed by atoms with Gasteiger partial charge in [-0.25, -0.2) is 0 Å². The smallest absolute Gasteiger partial charge is 0.00752 e. The normalized spacial score (nSPS) is 10.4. The van der Waals surface area contributed by atoms with E-state index >= 15 is 0 Å². The molecule has 0 saturated carbocycles. The number of thioether (sulfide) groups is 1. The fourth-order valence-corrected chi connectivity index (χ4v) is 2.18. The highest BCUT2D eigenvalue weighted by molar-refractivity contribution is 7.98. The third kappa shape index (κ3) is 2.30. The van der Waals surface area contributed by atoms with Crippen LogP contribution in [0.15, 0.2) is 47.4 Å². The van der Waals surface area contributed by atoms with Crippen LogP contribution in [0.5, 0.6) is 0 Å². The molecule has 2 rings (SSSR count). The number of hydrogen-bond acceptors (Lipinski definition) is 1. The van der Waals surface area contributed by atoms with Gasteiger partial charge in [0.05, 0.1) is 0 Å². The zero-order chi connectivity index (χ0) is 11.5. The van der Waals surface area contributed by atoms with Crippen LogP contribution < -0.4 is 0 Å². The van der Waals surface area contributed by atoms with Crippen LogP contribution in [-0.4, -0.2) is 6.26 Å². The molecule has 0 N–H and O–H groups in total. The van der Waals surface area contributed by atoms with Gasteiger partial charge in [0, 0.05) is 4.90 Å². The van der Waals surface area contributed by atoms with Gasteiger partial charge >= 0.3 is 0 Å². The Hall–Kier alpha value is -1.21. The molecule has 0 aliphatic rings. The van der Waals surface area contributed by atoms with Gasteiger partial charge in [-0.1, -0.05) is 30.3 Å². The van der Waals surface area contributed by atoms with Crippen molar-refractivity contribution in [3.63, 3.8) is 0 Å². The summed E-state index contributed by atoms with van der Waals surface area (Å²) in [6, 6.07) is 15.3. The van der Waals surface area contributed by atoms with E-state index in [-0.39, 0.29) is 0 Å². The van der Waals surface area contributed by atoms with Crippen molar-refractivity contribution >= 4 is 11.8 Å². The molecule has 0 spiro atoms. The highest BCUT2D eigenvalue weighted by atomic mass is 32.2. The second kappa shape index (κ2) is 4.75. The molecule has 1 heteroatoms. The molecule has 0 unspecified atom stereocenters. The zero-order valence-electron chi connectivity index (χ0n) is 9.95. The summed E-state index contributed by atoms with van der Waals surface area (Å²) >= 11 is 1.78. The largest absolute Gasteiger partial charge is 0.130 e. The maximum absolute atomic E-state index is 2.26. The van der Waals surface area contributed by atoms with Gasteiger partial charge in [0.25, 0.3) is 0 Å². The third-order valence-electron chi connectivity index (χ3n) is 2.91. The van der Waals surface area contributed by atoms with Crippen molar-refractivity contribution in [1.82, 2.24) is 0 Å². The molecule has 0 saturated heterocycles. The maximum Gasteiger partial charge on any atom is 0.00752 e. The fourth-order valence-electron chi connectivity index (χ4n) is 1.72. The first-order chi connectivity index (χ1) is 7.70. The Morgan fingerprint density at radius 2 is 1.56 bits per heavy atom. The van der Waals surface area contributed by atoms with Crippen LogP contribution in [0.1, 0.15) is 11.1 Å². The number of hydrogen-bond donors (Lipinski definition) is 0. The lowest BCUT2D eigenvalue weighted by molar-refractivity contribution is 1.34. The Balaban J connectivity index is 2.46. The van der Waals surface area contributed by atoms with Crippen LogP contribution in [0.25, 0.3) is 11.1 Å². The summed E-state index contributed by atoms with van der Waals surface area (Å²) in [6.07, 6.45) is 2.11. The Labute approximate surface area is 102 Å². The van der Waals surface area contributed by atoms with E-state index in [1.54, 1.807) is 11.8 Å². The molecular weight excluding hydrogens is 212 g/mol. The van der Waals surface area contributed by atoms with E-state index in [1.165, 1.54) is 27.1 Å². The lowest BCUT2D eigenvalue weighted by atomic mass is 10.0. The van der Waals surface area contributed by atoms with Crippen molar-refractivity contribution in [1.29, 1.82) is 0 Å². The molecule has 0 fully saturated rings. The van der Waals surface area contributed by atoms with E-state index in [0.29, 0.717) is 0 Å². The van der Waals surface area contributed by atoms with E-state index in [2.05, 4.69) is 62.6 Å². The van der Waals surface area contributed by atoms with Crippen molar-refractivity contribution in [3.8, 4) is 11.1 Å². The van der Waals surface area contributed by atoms with E-state index in [9.17, 15) is 0 Å². The molecule has 0 aliphatic carbocycles. The van der Waals surface area contributed by atoms with E-state index in [1.807, 2.05) is 0 Å². The maximum atomic E-state index is 2.26. The van der Waals surface area contributed by atoms with E-state index in [0.717, 1.165) is 0 Å². The van der Waals surface area contributed by atoms with Crippen LogP contribution in [0.4, 0.5) is 0 Å². The molecule has 0 heterocycles. The van der Waals surface area contributed by atoms with Gasteiger partial charge in [-0.05, 0) is 54.5 Å². The van der Waals surface area contributed by atoms with Gasteiger partial charge in [0.2, 0.25) is 0 Å². The predicted molar refractivity (Wildman–Crippen MR) is 73.1 cm³/mol. The van der Waals surface area contributed by atoms with Gasteiger partial charge in [-0.15, -0.1) is 11.8 Å². The molecule has 2 aromatic rings. The van der Waals surface area contributed by atoms with Crippen molar-refractivity contribution < 1.29 is 0 Å². The highest BCUT2D eigenvalue weighted by Crippen LogP contribution is 2.25. The van der Waals surface area contributed by atoms with Crippen LogP contribution in [0.3, 0.4) is 0 Å². The molecule has 0 aromatic heterocycles. The van der Waals surface area contributed by atoms with Gasteiger partial charge < -0.3 is 0 Å². The number of benzene rings is 2. The van der Waals surface area contributed by atoms with Crippen molar-refractivity contribution in [2.45, 2.75) is 18.7 Å². The van der Waals surface area contributed by atoms with Gasteiger partial charge in [0.1, 0.15) is 0 Å². The van der Waals surface area contributed by atoms with Crippen molar-refractivity contribution in [2.75, 3.05) is 6.26 Å². The number of aryl methyl sites for hydroxylation is 2. The summed E-state index contributed by atoms with van der Waals surface area (Å²) in [5.41, 5.74) is 5.31. The fraction of sp³-hybridized carbons (Fsp3) is 0.200. The monoisotopic (exact) mass is 228 g/mol. The minimum Gasteiger partial charge on any atom is -0.130 e. The average molecular weight is 228 g/mol. The number of rotatable bonds is 2. The molecule has 16 heavy (non-hydrogen) atoms. The molecule has 2 aromatic carbocycles. The van der Waals surface area contributed by atoms with Crippen LogP contribution in [-0.2, 0) is 0 Å². The van der Waals surface area contributed by atoms with Crippen LogP contribution in [0, 0.1) is 13.8 Å². The summed E-state index contributed by atoms with van der Waals surface area (Å²) in [5, 5.41) is 0. The minimum atomic E-state index is 1.30. The average Bonchev–Trinajstić information content (AvgIpc) is 2.33. The second-order valence-corrected chi connectivity index (χ2v) is 4.91. The highest BCUT2D eigenvalue weighted by Gasteiger charge is 2.00. The standard InChI is InChI=1S/C15H16S/c1-11-7-8-14(9-12(11)2)13-5-4-6-15(10-13)16-3/h4-10H,1-3H3. The summed E-state index contributed by atoms with van der Waals surface area (Å²) in [7, 11) is 0. The minimum absolute atomic E-state index is 1.30. The molecule has 0 amide bonds. The van der Waals surface area contributed by atoms with Gasteiger partial charge in [-0.2, -0.15) is 0 Å². The molecule has 0 bridgehead atoms. The SMILES string of the molecule is CSc1cccc(-c2ccc(C)c(C)c2)c1. The Kier molecular flexibility index (Phi) is 3.35. The van der Waals surface area contributed by atoms with Gasteiger partial charge in [0.15, 0.2) is 0 Å². The van der Waals surface area contributed by atoms with E-state index in [4.69, 9.17) is 0 Å². The van der Waals surface area contributed by atoms with Crippen molar-refractivity contribution in [3.05, 3.63) is 53.6 Å². The predicted octanol–water partition coefficient (Wildman–Crippen LogP) is 4.69. The lowest BCUT2D eigenvalue weighted by Crippen LogP contribution is -1.83. The first-order valence-corrected chi connectivity index (χ1v) is 6.65. The molecule has 0 nitrogen and oxygen atoms in total. The topological polar surface area (TPSA) is 0 Å². The lowest BCUT2D eigenvalue weighted by Gasteiger charge is -2.06. The molecule has 82 valence electrons. The summed E-state index contributed by atoms with van der Waals surface area (Å²) in [6.45, 7) is 4.31.